The molecule has 7 heteroatoms. The third kappa shape index (κ3) is 3.93. The van der Waals surface area contributed by atoms with E-state index in [-0.39, 0.29) is 0 Å². The lowest BCUT2D eigenvalue weighted by Crippen LogP contribution is -2.32. The zero-order valence-corrected chi connectivity index (χ0v) is 15.3. The van der Waals surface area contributed by atoms with Crippen LogP contribution in [0.2, 0.25) is 0 Å². The predicted octanol–water partition coefficient (Wildman–Crippen LogP) is 5.11. The number of hydrogen-bond donors (Lipinski definition) is 1. The number of alkyl halides is 3. The Kier molecular flexibility index (Phi) is 4.66. The average molecular weight is 384 g/mol. The Labute approximate surface area is 161 Å². The minimum Gasteiger partial charge on any atom is -0.340 e. The molecule has 0 amide bonds. The number of rotatable bonds is 3. The Bertz CT molecular complexity index is 1000. The molecule has 0 unspecified atom stereocenters. The zero-order chi connectivity index (χ0) is 19.7. The van der Waals surface area contributed by atoms with Gasteiger partial charge in [0.15, 0.2) is 0 Å². The summed E-state index contributed by atoms with van der Waals surface area (Å²) in [6, 6.07) is 15.1. The van der Waals surface area contributed by atoms with E-state index < -0.39 is 11.7 Å². The van der Waals surface area contributed by atoms with Crippen molar-refractivity contribution in [2.45, 2.75) is 26.1 Å². The van der Waals surface area contributed by atoms with Gasteiger partial charge in [-0.25, -0.2) is 4.98 Å². The van der Waals surface area contributed by atoms with Gasteiger partial charge in [-0.05, 0) is 42.7 Å². The van der Waals surface area contributed by atoms with Gasteiger partial charge in [-0.1, -0.05) is 30.3 Å². The van der Waals surface area contributed by atoms with Crippen LogP contribution in [-0.4, -0.2) is 16.5 Å². The highest BCUT2D eigenvalue weighted by atomic mass is 19.4. The summed E-state index contributed by atoms with van der Waals surface area (Å²) in [5, 5.41) is 2.98. The minimum atomic E-state index is -4.38. The highest BCUT2D eigenvalue weighted by Crippen LogP contribution is 2.31. The number of halogens is 3. The minimum absolute atomic E-state index is 0.336. The Morgan fingerprint density at radius 2 is 1.75 bits per heavy atom. The Hall–Kier alpha value is -3.09. The molecular formula is C21H19F3N4. The summed E-state index contributed by atoms with van der Waals surface area (Å²) in [4.78, 5) is 11.2. The van der Waals surface area contributed by atoms with Crippen LogP contribution in [0.3, 0.4) is 0 Å². The first-order valence-electron chi connectivity index (χ1n) is 9.00. The molecule has 0 spiro atoms. The summed E-state index contributed by atoms with van der Waals surface area (Å²) >= 11 is 0. The molecule has 1 N–H and O–H groups in total. The lowest BCUT2D eigenvalue weighted by Gasteiger charge is -2.29. The van der Waals surface area contributed by atoms with Gasteiger partial charge in [-0.2, -0.15) is 18.2 Å². The summed E-state index contributed by atoms with van der Waals surface area (Å²) in [6.07, 6.45) is -3.48. The first-order chi connectivity index (χ1) is 13.4. The van der Waals surface area contributed by atoms with Gasteiger partial charge in [-0.15, -0.1) is 0 Å². The van der Waals surface area contributed by atoms with Crippen LogP contribution < -0.4 is 10.2 Å². The summed E-state index contributed by atoms with van der Waals surface area (Å²) in [5.41, 5.74) is 2.96. The molecule has 4 rings (SSSR count). The standard InChI is InChI=1S/C21H19F3N4/c1-14-11-19(26-18-8-4-7-17(12-18)21(22,23)24)27-20(25-14)28-10-9-15-5-2-3-6-16(15)13-28/h2-8,11-12H,9-10,13H2,1H3,(H,25,26,27). The number of nitrogens with zero attached hydrogens (tertiary/aromatic N) is 3. The fourth-order valence-electron chi connectivity index (χ4n) is 3.35. The SMILES string of the molecule is Cc1cc(Nc2cccc(C(F)(F)F)c2)nc(N2CCc3ccccc3C2)n1. The topological polar surface area (TPSA) is 41.1 Å². The maximum atomic E-state index is 12.9. The first-order valence-corrected chi connectivity index (χ1v) is 9.00. The van der Waals surface area contributed by atoms with E-state index in [1.54, 1.807) is 12.1 Å². The maximum absolute atomic E-state index is 12.9. The highest BCUT2D eigenvalue weighted by molar-refractivity contribution is 5.59. The van der Waals surface area contributed by atoms with Crippen molar-refractivity contribution < 1.29 is 13.2 Å². The number of hydrogen-bond acceptors (Lipinski definition) is 4. The van der Waals surface area contributed by atoms with Crippen LogP contribution in [0.5, 0.6) is 0 Å². The van der Waals surface area contributed by atoms with Crippen molar-refractivity contribution >= 4 is 17.5 Å². The molecule has 0 bridgehead atoms. The van der Waals surface area contributed by atoms with E-state index in [1.165, 1.54) is 17.2 Å². The van der Waals surface area contributed by atoms with Gasteiger partial charge in [0.25, 0.3) is 0 Å². The van der Waals surface area contributed by atoms with E-state index in [9.17, 15) is 13.2 Å². The molecule has 0 saturated heterocycles. The number of benzene rings is 2. The molecule has 0 saturated carbocycles. The van der Waals surface area contributed by atoms with Gasteiger partial charge in [0.05, 0.1) is 5.56 Å². The maximum Gasteiger partial charge on any atom is 0.416 e. The molecule has 2 aromatic carbocycles. The number of aromatic nitrogens is 2. The summed E-state index contributed by atoms with van der Waals surface area (Å²) < 4.78 is 38.8. The normalized spacial score (nSPS) is 13.9. The second kappa shape index (κ2) is 7.14. The van der Waals surface area contributed by atoms with Crippen molar-refractivity contribution in [1.29, 1.82) is 0 Å². The monoisotopic (exact) mass is 384 g/mol. The molecule has 4 nitrogen and oxygen atoms in total. The van der Waals surface area contributed by atoms with E-state index in [0.717, 1.165) is 30.8 Å². The quantitative estimate of drug-likeness (QED) is 0.681. The van der Waals surface area contributed by atoms with Crippen LogP contribution in [0.1, 0.15) is 22.4 Å². The zero-order valence-electron chi connectivity index (χ0n) is 15.3. The van der Waals surface area contributed by atoms with Crippen molar-refractivity contribution in [3.05, 3.63) is 77.0 Å². The van der Waals surface area contributed by atoms with Gasteiger partial charge < -0.3 is 10.2 Å². The van der Waals surface area contributed by atoms with Crippen molar-refractivity contribution in [2.24, 2.45) is 0 Å². The Balaban J connectivity index is 1.58. The van der Waals surface area contributed by atoms with E-state index >= 15 is 0 Å². The van der Waals surface area contributed by atoms with Gasteiger partial charge in [0.1, 0.15) is 5.82 Å². The fourth-order valence-corrected chi connectivity index (χ4v) is 3.35. The van der Waals surface area contributed by atoms with E-state index in [4.69, 9.17) is 0 Å². The Morgan fingerprint density at radius 3 is 2.54 bits per heavy atom. The van der Waals surface area contributed by atoms with Gasteiger partial charge in [0.2, 0.25) is 5.95 Å². The Morgan fingerprint density at radius 1 is 0.964 bits per heavy atom. The highest BCUT2D eigenvalue weighted by Gasteiger charge is 2.30. The third-order valence-corrected chi connectivity index (χ3v) is 4.72. The van der Waals surface area contributed by atoms with Crippen LogP contribution in [0.15, 0.2) is 54.6 Å². The second-order valence-electron chi connectivity index (χ2n) is 6.84. The molecule has 2 heterocycles. The van der Waals surface area contributed by atoms with Crippen LogP contribution in [0, 0.1) is 6.92 Å². The van der Waals surface area contributed by atoms with E-state index in [2.05, 4.69) is 32.3 Å². The molecule has 144 valence electrons. The van der Waals surface area contributed by atoms with Crippen molar-refractivity contribution in [3.63, 3.8) is 0 Å². The molecule has 0 aliphatic carbocycles. The number of fused-ring (bicyclic) bond motifs is 1. The lowest BCUT2D eigenvalue weighted by molar-refractivity contribution is -0.137. The van der Waals surface area contributed by atoms with Crippen LogP contribution in [0.4, 0.5) is 30.6 Å². The summed E-state index contributed by atoms with van der Waals surface area (Å²) in [7, 11) is 0. The number of anilines is 3. The van der Waals surface area contributed by atoms with E-state index in [0.29, 0.717) is 24.0 Å². The number of nitrogens with one attached hydrogen (secondary N) is 1. The molecule has 0 radical (unpaired) electrons. The van der Waals surface area contributed by atoms with Gasteiger partial charge in [0, 0.05) is 30.5 Å². The molecule has 0 atom stereocenters. The molecule has 3 aromatic rings. The van der Waals surface area contributed by atoms with Gasteiger partial charge in [-0.3, -0.25) is 0 Å². The molecule has 1 aliphatic rings. The van der Waals surface area contributed by atoms with Crippen molar-refractivity contribution in [2.75, 3.05) is 16.8 Å². The van der Waals surface area contributed by atoms with Crippen molar-refractivity contribution in [3.8, 4) is 0 Å². The lowest BCUT2D eigenvalue weighted by atomic mass is 10.0. The number of aryl methyl sites for hydroxylation is 1. The largest absolute Gasteiger partial charge is 0.416 e. The second-order valence-corrected chi connectivity index (χ2v) is 6.84. The fraction of sp³-hybridized carbons (Fsp3) is 0.238. The van der Waals surface area contributed by atoms with Crippen LogP contribution in [-0.2, 0) is 19.1 Å². The average Bonchev–Trinajstić information content (AvgIpc) is 2.67. The van der Waals surface area contributed by atoms with Crippen LogP contribution in [0.25, 0.3) is 0 Å². The molecule has 1 aromatic heterocycles. The molecular weight excluding hydrogens is 365 g/mol. The van der Waals surface area contributed by atoms with Gasteiger partial charge >= 0.3 is 6.18 Å². The molecule has 1 aliphatic heterocycles. The third-order valence-electron chi connectivity index (χ3n) is 4.72. The summed E-state index contributed by atoms with van der Waals surface area (Å²) in [6.45, 7) is 3.35. The molecule has 28 heavy (non-hydrogen) atoms. The van der Waals surface area contributed by atoms with Crippen molar-refractivity contribution in [1.82, 2.24) is 9.97 Å². The predicted molar refractivity (Wildman–Crippen MR) is 103 cm³/mol. The van der Waals surface area contributed by atoms with Crippen LogP contribution >= 0.6 is 0 Å². The smallest absolute Gasteiger partial charge is 0.340 e. The molecule has 0 fully saturated rings. The van der Waals surface area contributed by atoms with E-state index in [1.807, 2.05) is 19.1 Å². The first kappa shape index (κ1) is 18.3. The summed E-state index contributed by atoms with van der Waals surface area (Å²) in [5.74, 6) is 1.05.